The third-order valence-corrected chi connectivity index (χ3v) is 7.14. The monoisotopic (exact) mass is 672 g/mol. The van der Waals surface area contributed by atoms with E-state index in [9.17, 15) is 9.59 Å². The highest BCUT2D eigenvalue weighted by molar-refractivity contribution is 14.1. The SMILES string of the molecule is COc1cc(/C=C2\C(=O)NC(=S)N(c3ccc(Cl)cc3Cl)C2=O)cc(I)c1OCc1ccccc1Cl. The Bertz CT molecular complexity index is 1430. The summed E-state index contributed by atoms with van der Waals surface area (Å²) in [6.45, 7) is 0.238. The van der Waals surface area contributed by atoms with E-state index in [0.717, 1.165) is 10.5 Å². The van der Waals surface area contributed by atoms with Crippen LogP contribution >= 0.6 is 69.6 Å². The van der Waals surface area contributed by atoms with Gasteiger partial charge in [-0.2, -0.15) is 0 Å². The number of rotatable bonds is 6. The standard InChI is InChI=1S/C25H16Cl3IN2O4S/c1-34-21-10-13(9-19(29)22(21)35-12-14-4-2-3-5-17(14)27)8-16-23(32)30-25(36)31(24(16)33)20-7-6-15(26)11-18(20)28/h2-11H,12H2,1H3,(H,30,32,36)/b16-8+. The van der Waals surface area contributed by atoms with E-state index in [0.29, 0.717) is 36.4 Å². The molecule has 3 aromatic carbocycles. The Kier molecular flexibility index (Phi) is 8.41. The predicted octanol–water partition coefficient (Wildman–Crippen LogP) is 6.67. The van der Waals surface area contributed by atoms with Gasteiger partial charge in [-0.1, -0.05) is 53.0 Å². The summed E-state index contributed by atoms with van der Waals surface area (Å²) in [6.07, 6.45) is 1.46. The number of carbonyl (C=O) groups excluding carboxylic acids is 2. The molecule has 3 aromatic rings. The number of methoxy groups -OCH3 is 1. The first-order valence-corrected chi connectivity index (χ1v) is 12.9. The summed E-state index contributed by atoms with van der Waals surface area (Å²) in [6, 6.07) is 15.4. The molecule has 0 aromatic heterocycles. The molecule has 0 saturated carbocycles. The second kappa shape index (κ2) is 11.4. The molecule has 1 fully saturated rings. The van der Waals surface area contributed by atoms with Gasteiger partial charge in [0, 0.05) is 15.6 Å². The van der Waals surface area contributed by atoms with Crippen molar-refractivity contribution in [2.24, 2.45) is 0 Å². The van der Waals surface area contributed by atoms with Gasteiger partial charge in [-0.05, 0) is 82.8 Å². The average Bonchev–Trinajstić information content (AvgIpc) is 2.83. The van der Waals surface area contributed by atoms with Crippen LogP contribution in [0.3, 0.4) is 0 Å². The smallest absolute Gasteiger partial charge is 0.270 e. The van der Waals surface area contributed by atoms with E-state index in [1.165, 1.54) is 19.3 Å². The van der Waals surface area contributed by atoms with E-state index in [4.69, 9.17) is 56.5 Å². The molecular weight excluding hydrogens is 658 g/mol. The number of nitrogens with zero attached hydrogens (tertiary/aromatic N) is 1. The minimum atomic E-state index is -0.626. The third kappa shape index (κ3) is 5.63. The van der Waals surface area contributed by atoms with E-state index < -0.39 is 11.8 Å². The maximum atomic E-state index is 13.3. The van der Waals surface area contributed by atoms with Crippen LogP contribution in [0.15, 0.2) is 60.2 Å². The van der Waals surface area contributed by atoms with Crippen LogP contribution < -0.4 is 19.7 Å². The van der Waals surface area contributed by atoms with Crippen molar-refractivity contribution in [2.75, 3.05) is 12.0 Å². The number of hydrogen-bond acceptors (Lipinski definition) is 5. The molecule has 4 rings (SSSR count). The number of thiocarbonyl (C=S) groups is 1. The number of amides is 2. The molecule has 1 N–H and O–H groups in total. The van der Waals surface area contributed by atoms with Gasteiger partial charge < -0.3 is 9.47 Å². The molecule has 0 bridgehead atoms. The minimum absolute atomic E-state index is 0.0816. The third-order valence-electron chi connectivity index (χ3n) is 5.14. The summed E-state index contributed by atoms with van der Waals surface area (Å²) in [5.41, 5.74) is 1.55. The van der Waals surface area contributed by atoms with E-state index in [1.54, 1.807) is 30.3 Å². The highest BCUT2D eigenvalue weighted by Gasteiger charge is 2.35. The molecule has 0 aliphatic carbocycles. The summed E-state index contributed by atoms with van der Waals surface area (Å²) in [7, 11) is 1.51. The molecule has 2 amide bonds. The predicted molar refractivity (Wildman–Crippen MR) is 154 cm³/mol. The molecule has 184 valence electrons. The second-order valence-corrected chi connectivity index (χ2v) is 10.3. The van der Waals surface area contributed by atoms with Gasteiger partial charge >= 0.3 is 0 Å². The topological polar surface area (TPSA) is 67.9 Å². The van der Waals surface area contributed by atoms with Crippen molar-refractivity contribution in [1.29, 1.82) is 0 Å². The van der Waals surface area contributed by atoms with Gasteiger partial charge in [-0.3, -0.25) is 19.8 Å². The van der Waals surface area contributed by atoms with Crippen molar-refractivity contribution in [3.63, 3.8) is 0 Å². The fraction of sp³-hybridized carbons (Fsp3) is 0.0800. The largest absolute Gasteiger partial charge is 0.493 e. The zero-order valence-electron chi connectivity index (χ0n) is 18.5. The molecule has 1 saturated heterocycles. The van der Waals surface area contributed by atoms with Crippen molar-refractivity contribution in [2.45, 2.75) is 6.61 Å². The first-order chi connectivity index (χ1) is 17.2. The first kappa shape index (κ1) is 26.7. The van der Waals surface area contributed by atoms with Crippen molar-refractivity contribution < 1.29 is 19.1 Å². The van der Waals surface area contributed by atoms with Gasteiger partial charge in [0.05, 0.1) is 21.4 Å². The van der Waals surface area contributed by atoms with E-state index >= 15 is 0 Å². The van der Waals surface area contributed by atoms with Gasteiger partial charge in [-0.15, -0.1) is 0 Å². The Hall–Kier alpha value is -2.37. The van der Waals surface area contributed by atoms with Gasteiger partial charge in [-0.25, -0.2) is 0 Å². The molecule has 36 heavy (non-hydrogen) atoms. The Morgan fingerprint density at radius 3 is 2.50 bits per heavy atom. The highest BCUT2D eigenvalue weighted by Crippen LogP contribution is 2.36. The molecule has 0 atom stereocenters. The number of nitrogens with one attached hydrogen (secondary N) is 1. The van der Waals surface area contributed by atoms with Crippen LogP contribution in [0, 0.1) is 3.57 Å². The zero-order valence-corrected chi connectivity index (χ0v) is 23.7. The maximum Gasteiger partial charge on any atom is 0.270 e. The molecule has 0 unspecified atom stereocenters. The number of ether oxygens (including phenoxy) is 2. The lowest BCUT2D eigenvalue weighted by Gasteiger charge is -2.29. The number of hydrogen-bond donors (Lipinski definition) is 1. The molecular formula is C25H16Cl3IN2O4S. The molecule has 1 aliphatic rings. The molecule has 11 heteroatoms. The van der Waals surface area contributed by atoms with E-state index in [-0.39, 0.29) is 22.3 Å². The molecule has 6 nitrogen and oxygen atoms in total. The average molecular weight is 674 g/mol. The number of anilines is 1. The van der Waals surface area contributed by atoms with E-state index in [1.807, 2.05) is 18.2 Å². The zero-order chi connectivity index (χ0) is 26.0. The summed E-state index contributed by atoms with van der Waals surface area (Å²) < 4.78 is 12.2. The fourth-order valence-electron chi connectivity index (χ4n) is 3.43. The summed E-state index contributed by atoms with van der Waals surface area (Å²) in [4.78, 5) is 27.2. The second-order valence-electron chi connectivity index (χ2n) is 7.47. The molecule has 0 spiro atoms. The lowest BCUT2D eigenvalue weighted by atomic mass is 10.1. The number of carbonyl (C=O) groups is 2. The number of halogens is 4. The van der Waals surface area contributed by atoms with Gasteiger partial charge in [0.1, 0.15) is 12.2 Å². The molecule has 1 heterocycles. The van der Waals surface area contributed by atoms with Crippen molar-refractivity contribution in [1.82, 2.24) is 5.32 Å². The van der Waals surface area contributed by atoms with Crippen molar-refractivity contribution in [3.8, 4) is 11.5 Å². The van der Waals surface area contributed by atoms with Gasteiger partial charge in [0.15, 0.2) is 16.6 Å². The number of benzene rings is 3. The van der Waals surface area contributed by atoms with Crippen LogP contribution in [0.2, 0.25) is 15.1 Å². The lowest BCUT2D eigenvalue weighted by Crippen LogP contribution is -2.54. The summed E-state index contributed by atoms with van der Waals surface area (Å²) in [5.74, 6) is -0.312. The molecule has 0 radical (unpaired) electrons. The summed E-state index contributed by atoms with van der Waals surface area (Å²) >= 11 is 25.8. The van der Waals surface area contributed by atoms with Crippen molar-refractivity contribution >= 4 is 98.3 Å². The lowest BCUT2D eigenvalue weighted by molar-refractivity contribution is -0.122. The Labute approximate surface area is 241 Å². The highest BCUT2D eigenvalue weighted by atomic mass is 127. The Balaban J connectivity index is 1.66. The fourth-order valence-corrected chi connectivity index (χ4v) is 5.17. The first-order valence-electron chi connectivity index (χ1n) is 10.3. The Morgan fingerprint density at radius 2 is 1.81 bits per heavy atom. The van der Waals surface area contributed by atoms with Crippen LogP contribution in [0.5, 0.6) is 11.5 Å². The summed E-state index contributed by atoms with van der Waals surface area (Å²) in [5, 5.41) is 3.66. The van der Waals surface area contributed by atoms with Crippen LogP contribution in [0.25, 0.3) is 6.08 Å². The van der Waals surface area contributed by atoms with Crippen LogP contribution in [0.4, 0.5) is 5.69 Å². The van der Waals surface area contributed by atoms with Gasteiger partial charge in [0.2, 0.25) is 0 Å². The van der Waals surface area contributed by atoms with Crippen LogP contribution in [-0.4, -0.2) is 24.0 Å². The minimum Gasteiger partial charge on any atom is -0.493 e. The van der Waals surface area contributed by atoms with Crippen molar-refractivity contribution in [3.05, 3.63) is 89.9 Å². The van der Waals surface area contributed by atoms with Crippen LogP contribution in [0.1, 0.15) is 11.1 Å². The van der Waals surface area contributed by atoms with Crippen LogP contribution in [-0.2, 0) is 16.2 Å². The van der Waals surface area contributed by atoms with E-state index in [2.05, 4.69) is 27.9 Å². The van der Waals surface area contributed by atoms with Gasteiger partial charge in [0.25, 0.3) is 11.8 Å². The quantitative estimate of drug-likeness (QED) is 0.137. The molecule has 1 aliphatic heterocycles. The normalized spacial score (nSPS) is 14.8. The maximum absolute atomic E-state index is 13.3. The Morgan fingerprint density at radius 1 is 1.06 bits per heavy atom.